The Hall–Kier alpha value is -3.15. The molecular formula is C75H134O6. The van der Waals surface area contributed by atoms with Crippen molar-refractivity contribution < 1.29 is 28.6 Å². The summed E-state index contributed by atoms with van der Waals surface area (Å²) >= 11 is 0. The second-order valence-corrected chi connectivity index (χ2v) is 23.8. The van der Waals surface area contributed by atoms with Gasteiger partial charge in [-0.1, -0.05) is 351 Å². The Morgan fingerprint density at radius 3 is 0.753 bits per heavy atom. The maximum Gasteiger partial charge on any atom is 0.306 e. The predicted molar refractivity (Wildman–Crippen MR) is 353 cm³/mol. The Kier molecular flexibility index (Phi) is 66.6. The predicted octanol–water partition coefficient (Wildman–Crippen LogP) is 24.4. The molecule has 0 spiro atoms. The average Bonchev–Trinajstić information content (AvgIpc) is 3.47. The number of unbranched alkanes of at least 4 members (excludes halogenated alkanes) is 42. The molecule has 6 nitrogen and oxygen atoms in total. The summed E-state index contributed by atoms with van der Waals surface area (Å²) in [5.41, 5.74) is 0. The molecular weight excluding hydrogens is 997 g/mol. The van der Waals surface area contributed by atoms with Gasteiger partial charge in [0.2, 0.25) is 0 Å². The van der Waals surface area contributed by atoms with E-state index in [-0.39, 0.29) is 37.5 Å². The van der Waals surface area contributed by atoms with E-state index in [2.05, 4.69) is 93.7 Å². The van der Waals surface area contributed by atoms with Crippen molar-refractivity contribution in [2.24, 2.45) is 0 Å². The first-order valence-corrected chi connectivity index (χ1v) is 35.4. The van der Waals surface area contributed by atoms with Crippen molar-refractivity contribution in [1.29, 1.82) is 0 Å². The highest BCUT2D eigenvalue weighted by Crippen LogP contribution is 2.18. The highest BCUT2D eigenvalue weighted by Gasteiger charge is 2.19. The van der Waals surface area contributed by atoms with E-state index in [1.54, 1.807) is 0 Å². The first-order valence-electron chi connectivity index (χ1n) is 35.4. The third-order valence-corrected chi connectivity index (χ3v) is 15.7. The molecule has 0 aromatic rings. The van der Waals surface area contributed by atoms with Crippen molar-refractivity contribution in [2.45, 2.75) is 374 Å². The van der Waals surface area contributed by atoms with Crippen molar-refractivity contribution in [3.05, 3.63) is 72.9 Å². The Bertz CT molecular complexity index is 1490. The van der Waals surface area contributed by atoms with Crippen molar-refractivity contribution in [3.63, 3.8) is 0 Å². The number of hydrogen-bond acceptors (Lipinski definition) is 6. The van der Waals surface area contributed by atoms with Gasteiger partial charge in [0.1, 0.15) is 13.2 Å². The number of esters is 3. The van der Waals surface area contributed by atoms with Crippen LogP contribution < -0.4 is 0 Å². The maximum absolute atomic E-state index is 12.9. The SMILES string of the molecule is CC/C=C\C/C=C\C/C=C\C/C=C\C/C=C\C/C=C\CCCCC(=O)OC(COC(=O)CCCCCCCCCCCC)COC(=O)CCCCCCCCCCCCCCCCCCCCCCCCCCCCCCCCCC. The standard InChI is InChI=1S/C75H134O6/c1-4-7-10-13-16-19-22-24-26-28-30-32-33-34-35-36-37-38-39-40-41-42-44-45-47-49-51-53-56-59-62-65-68-74(77)80-71-72(70-79-73(76)67-64-61-58-55-21-18-15-12-9-6-3)81-75(78)69-66-63-60-57-54-52-50-48-46-43-31-29-27-25-23-20-17-14-11-8-5-2/h8,11,17,20,25,27,31,43,48,50,54,57,72H,4-7,9-10,12-16,18-19,21-24,26,28-30,32-42,44-47,49,51-53,55-56,58-71H2,1-3H3/b11-8-,20-17-,27-25-,43-31-,50-48-,57-54-. The van der Waals surface area contributed by atoms with Crippen LogP contribution in [-0.2, 0) is 28.6 Å². The van der Waals surface area contributed by atoms with Gasteiger partial charge in [0, 0.05) is 19.3 Å². The molecule has 0 rings (SSSR count). The zero-order chi connectivity index (χ0) is 58.5. The van der Waals surface area contributed by atoms with Crippen LogP contribution >= 0.6 is 0 Å². The summed E-state index contributed by atoms with van der Waals surface area (Å²) in [7, 11) is 0. The van der Waals surface area contributed by atoms with Crippen molar-refractivity contribution in [3.8, 4) is 0 Å². The van der Waals surface area contributed by atoms with Crippen LogP contribution in [-0.4, -0.2) is 37.2 Å². The Morgan fingerprint density at radius 2 is 0.481 bits per heavy atom. The molecule has 1 atom stereocenters. The fraction of sp³-hybridized carbons (Fsp3) is 0.800. The van der Waals surface area contributed by atoms with Gasteiger partial charge < -0.3 is 14.2 Å². The van der Waals surface area contributed by atoms with Gasteiger partial charge in [-0.15, -0.1) is 0 Å². The highest BCUT2D eigenvalue weighted by atomic mass is 16.6. The number of hydrogen-bond donors (Lipinski definition) is 0. The molecule has 0 saturated heterocycles. The first kappa shape index (κ1) is 77.9. The summed E-state index contributed by atoms with van der Waals surface area (Å²) < 4.78 is 16.9. The van der Waals surface area contributed by atoms with Gasteiger partial charge in [-0.3, -0.25) is 14.4 Å². The molecule has 0 bridgehead atoms. The van der Waals surface area contributed by atoms with Crippen molar-refractivity contribution in [2.75, 3.05) is 13.2 Å². The quantitative estimate of drug-likeness (QED) is 0.0261. The largest absolute Gasteiger partial charge is 0.462 e. The normalized spacial score (nSPS) is 12.5. The van der Waals surface area contributed by atoms with Gasteiger partial charge in [0.05, 0.1) is 0 Å². The lowest BCUT2D eigenvalue weighted by molar-refractivity contribution is -0.167. The maximum atomic E-state index is 12.9. The lowest BCUT2D eigenvalue weighted by atomic mass is 10.0. The molecule has 0 aromatic heterocycles. The van der Waals surface area contributed by atoms with Gasteiger partial charge >= 0.3 is 17.9 Å². The van der Waals surface area contributed by atoms with E-state index in [4.69, 9.17) is 14.2 Å². The van der Waals surface area contributed by atoms with E-state index in [0.29, 0.717) is 19.3 Å². The van der Waals surface area contributed by atoms with Crippen LogP contribution in [0.3, 0.4) is 0 Å². The molecule has 0 aromatic carbocycles. The summed E-state index contributed by atoms with van der Waals surface area (Å²) in [5.74, 6) is -0.916. The summed E-state index contributed by atoms with van der Waals surface area (Å²) in [6, 6.07) is 0. The summed E-state index contributed by atoms with van der Waals surface area (Å²) in [6.07, 6.45) is 91.1. The van der Waals surface area contributed by atoms with E-state index in [1.165, 1.54) is 231 Å². The number of ether oxygens (including phenoxy) is 3. The van der Waals surface area contributed by atoms with Crippen molar-refractivity contribution >= 4 is 17.9 Å². The van der Waals surface area contributed by atoms with Crippen LogP contribution in [0.1, 0.15) is 367 Å². The monoisotopic (exact) mass is 1130 g/mol. The van der Waals surface area contributed by atoms with Crippen LogP contribution in [0.5, 0.6) is 0 Å². The Balaban J connectivity index is 4.15. The minimum atomic E-state index is -0.797. The first-order chi connectivity index (χ1) is 40.0. The van der Waals surface area contributed by atoms with Crippen LogP contribution in [0.25, 0.3) is 0 Å². The fourth-order valence-electron chi connectivity index (χ4n) is 10.5. The molecule has 0 aliphatic heterocycles. The molecule has 6 heteroatoms. The molecule has 81 heavy (non-hydrogen) atoms. The third-order valence-electron chi connectivity index (χ3n) is 15.7. The van der Waals surface area contributed by atoms with Gasteiger partial charge in [-0.05, 0) is 70.6 Å². The zero-order valence-electron chi connectivity index (χ0n) is 54.1. The number of carbonyl (C=O) groups excluding carboxylic acids is 3. The van der Waals surface area contributed by atoms with Crippen molar-refractivity contribution in [1.82, 2.24) is 0 Å². The van der Waals surface area contributed by atoms with Crippen LogP contribution in [0.4, 0.5) is 0 Å². The number of allylic oxidation sites excluding steroid dienone is 12. The van der Waals surface area contributed by atoms with E-state index in [9.17, 15) is 14.4 Å². The molecule has 470 valence electrons. The molecule has 0 fully saturated rings. The summed E-state index contributed by atoms with van der Waals surface area (Å²) in [4.78, 5) is 38.3. The summed E-state index contributed by atoms with van der Waals surface area (Å²) in [5, 5.41) is 0. The van der Waals surface area contributed by atoms with E-state index >= 15 is 0 Å². The minimum Gasteiger partial charge on any atom is -0.462 e. The molecule has 0 radical (unpaired) electrons. The molecule has 0 saturated carbocycles. The fourth-order valence-corrected chi connectivity index (χ4v) is 10.5. The van der Waals surface area contributed by atoms with E-state index in [0.717, 1.165) is 89.9 Å². The second kappa shape index (κ2) is 69.3. The van der Waals surface area contributed by atoms with Gasteiger partial charge in [-0.2, -0.15) is 0 Å². The lowest BCUT2D eigenvalue weighted by Crippen LogP contribution is -2.30. The molecule has 0 heterocycles. The molecule has 0 N–H and O–H groups in total. The molecule has 0 amide bonds. The Morgan fingerprint density at radius 1 is 0.259 bits per heavy atom. The Labute approximate surface area is 503 Å². The van der Waals surface area contributed by atoms with Crippen LogP contribution in [0, 0.1) is 0 Å². The number of rotatable bonds is 65. The van der Waals surface area contributed by atoms with Crippen LogP contribution in [0.2, 0.25) is 0 Å². The minimum absolute atomic E-state index is 0.0890. The third kappa shape index (κ3) is 67.5. The van der Waals surface area contributed by atoms with Gasteiger partial charge in [0.15, 0.2) is 6.10 Å². The highest BCUT2D eigenvalue weighted by molar-refractivity contribution is 5.71. The van der Waals surface area contributed by atoms with Crippen LogP contribution in [0.15, 0.2) is 72.9 Å². The molecule has 1 unspecified atom stereocenters. The summed E-state index contributed by atoms with van der Waals surface area (Å²) in [6.45, 7) is 6.53. The second-order valence-electron chi connectivity index (χ2n) is 23.8. The topological polar surface area (TPSA) is 78.9 Å². The van der Waals surface area contributed by atoms with Gasteiger partial charge in [-0.25, -0.2) is 0 Å². The van der Waals surface area contributed by atoms with E-state index < -0.39 is 6.10 Å². The molecule has 0 aliphatic rings. The zero-order valence-corrected chi connectivity index (χ0v) is 54.1. The number of carbonyl (C=O) groups is 3. The van der Waals surface area contributed by atoms with Gasteiger partial charge in [0.25, 0.3) is 0 Å². The van der Waals surface area contributed by atoms with E-state index in [1.807, 2.05) is 0 Å². The lowest BCUT2D eigenvalue weighted by Gasteiger charge is -2.18. The average molecular weight is 1130 g/mol. The molecule has 0 aliphatic carbocycles. The smallest absolute Gasteiger partial charge is 0.306 e.